The third-order valence-electron chi connectivity index (χ3n) is 2.78. The normalized spacial score (nSPS) is 11.3. The van der Waals surface area contributed by atoms with E-state index in [1.165, 1.54) is 0 Å². The van der Waals surface area contributed by atoms with Crippen molar-refractivity contribution in [3.8, 4) is 11.3 Å². The Morgan fingerprint density at radius 1 is 1.43 bits per heavy atom. The molecule has 8 heteroatoms. The minimum atomic E-state index is -0.513. The lowest BCUT2D eigenvalue weighted by Gasteiger charge is -2.19. The zero-order valence-corrected chi connectivity index (χ0v) is 14.1. The molecule has 2 aromatic rings. The highest BCUT2D eigenvalue weighted by Crippen LogP contribution is 2.26. The largest absolute Gasteiger partial charge is 0.444 e. The Labute approximate surface area is 139 Å². The van der Waals surface area contributed by atoms with Gasteiger partial charge in [0.05, 0.1) is 35.3 Å². The molecule has 7 nitrogen and oxygen atoms in total. The summed E-state index contributed by atoms with van der Waals surface area (Å²) in [5.41, 5.74) is 7.02. The maximum atomic E-state index is 11.5. The fourth-order valence-electron chi connectivity index (χ4n) is 1.86. The molecule has 0 aromatic carbocycles. The zero-order chi connectivity index (χ0) is 17.0. The van der Waals surface area contributed by atoms with Gasteiger partial charge in [-0.1, -0.05) is 11.6 Å². The van der Waals surface area contributed by atoms with Gasteiger partial charge in [0, 0.05) is 18.3 Å². The highest BCUT2D eigenvalue weighted by molar-refractivity contribution is 6.33. The van der Waals surface area contributed by atoms with Gasteiger partial charge in [0.15, 0.2) is 0 Å². The minimum Gasteiger partial charge on any atom is -0.444 e. The monoisotopic (exact) mass is 337 g/mol. The number of hydrogen-bond acceptors (Lipinski definition) is 5. The predicted octanol–water partition coefficient (Wildman–Crippen LogP) is 2.71. The number of carbonyl (C=O) groups is 1. The molecule has 0 saturated heterocycles. The average Bonchev–Trinajstić information content (AvgIpc) is 2.85. The molecule has 0 aliphatic rings. The smallest absolute Gasteiger partial charge is 0.407 e. The maximum Gasteiger partial charge on any atom is 0.407 e. The number of nitrogens with two attached hydrogens (primary N) is 1. The van der Waals surface area contributed by atoms with Crippen LogP contribution in [0.3, 0.4) is 0 Å². The van der Waals surface area contributed by atoms with Gasteiger partial charge in [-0.2, -0.15) is 5.10 Å². The molecule has 2 rings (SSSR count). The van der Waals surface area contributed by atoms with Crippen molar-refractivity contribution in [2.45, 2.75) is 32.9 Å². The van der Waals surface area contributed by atoms with Crippen LogP contribution < -0.4 is 11.1 Å². The Morgan fingerprint density at radius 2 is 2.17 bits per heavy atom. The van der Waals surface area contributed by atoms with Crippen LogP contribution in [0.2, 0.25) is 5.02 Å². The number of halogens is 1. The lowest BCUT2D eigenvalue weighted by Crippen LogP contribution is -2.34. The summed E-state index contributed by atoms with van der Waals surface area (Å²) in [6, 6.07) is 1.64. The minimum absolute atomic E-state index is 0.402. The van der Waals surface area contributed by atoms with Crippen LogP contribution in [0.25, 0.3) is 11.3 Å². The van der Waals surface area contributed by atoms with E-state index in [4.69, 9.17) is 22.1 Å². The van der Waals surface area contributed by atoms with Gasteiger partial charge >= 0.3 is 6.09 Å². The van der Waals surface area contributed by atoms with Crippen LogP contribution in [0.1, 0.15) is 20.8 Å². The Morgan fingerprint density at radius 3 is 2.83 bits per heavy atom. The van der Waals surface area contributed by atoms with Gasteiger partial charge in [0.1, 0.15) is 5.60 Å². The number of alkyl carbamates (subject to hydrolysis) is 1. The van der Waals surface area contributed by atoms with Crippen LogP contribution >= 0.6 is 11.6 Å². The predicted molar refractivity (Wildman–Crippen MR) is 89.1 cm³/mol. The quantitative estimate of drug-likeness (QED) is 0.894. The molecule has 2 aromatic heterocycles. The first-order valence-corrected chi connectivity index (χ1v) is 7.53. The van der Waals surface area contributed by atoms with Gasteiger partial charge < -0.3 is 15.8 Å². The van der Waals surface area contributed by atoms with Crippen LogP contribution in [-0.2, 0) is 11.3 Å². The van der Waals surface area contributed by atoms with E-state index < -0.39 is 11.7 Å². The summed E-state index contributed by atoms with van der Waals surface area (Å²) in [6.45, 7) is 6.35. The number of ether oxygens (including phenoxy) is 1. The maximum absolute atomic E-state index is 11.5. The molecule has 0 fully saturated rings. The molecule has 3 N–H and O–H groups in total. The summed E-state index contributed by atoms with van der Waals surface area (Å²) in [7, 11) is 0. The highest BCUT2D eigenvalue weighted by Gasteiger charge is 2.15. The second-order valence-electron chi connectivity index (χ2n) is 6.02. The molecule has 0 saturated carbocycles. The molecule has 0 bridgehead atoms. The van der Waals surface area contributed by atoms with Crippen LogP contribution in [0.4, 0.5) is 10.5 Å². The summed E-state index contributed by atoms with van der Waals surface area (Å²) in [6.07, 6.45) is 4.56. The van der Waals surface area contributed by atoms with Crippen LogP contribution in [0.5, 0.6) is 0 Å². The molecule has 2 heterocycles. The fourth-order valence-corrected chi connectivity index (χ4v) is 2.14. The number of aromatic nitrogens is 3. The van der Waals surface area contributed by atoms with Crippen molar-refractivity contribution in [3.05, 3.63) is 29.7 Å². The van der Waals surface area contributed by atoms with Crippen LogP contribution in [0.15, 0.2) is 24.7 Å². The first kappa shape index (κ1) is 17.1. The Hall–Kier alpha value is -2.28. The number of rotatable bonds is 4. The Balaban J connectivity index is 1.91. The second kappa shape index (κ2) is 6.87. The van der Waals surface area contributed by atoms with Crippen molar-refractivity contribution in [1.82, 2.24) is 20.1 Å². The first-order chi connectivity index (χ1) is 10.7. The molecule has 0 unspecified atom stereocenters. The van der Waals surface area contributed by atoms with E-state index in [-0.39, 0.29) is 0 Å². The van der Waals surface area contributed by atoms with Crippen molar-refractivity contribution in [3.63, 3.8) is 0 Å². The van der Waals surface area contributed by atoms with E-state index in [1.54, 1.807) is 29.3 Å². The van der Waals surface area contributed by atoms with E-state index >= 15 is 0 Å². The number of pyridine rings is 1. The number of anilines is 1. The SMILES string of the molecule is CC(C)(C)OC(=O)NCCn1cc(-c2ncc(N)cc2Cl)cn1. The van der Waals surface area contributed by atoms with Crippen molar-refractivity contribution in [1.29, 1.82) is 0 Å². The number of hydrogen-bond donors (Lipinski definition) is 2. The second-order valence-corrected chi connectivity index (χ2v) is 6.43. The number of carbonyl (C=O) groups excluding carboxylic acids is 1. The summed E-state index contributed by atoms with van der Waals surface area (Å²) >= 11 is 6.13. The lowest BCUT2D eigenvalue weighted by atomic mass is 10.2. The summed E-state index contributed by atoms with van der Waals surface area (Å²) in [5, 5.41) is 7.37. The van der Waals surface area contributed by atoms with E-state index in [0.29, 0.717) is 29.5 Å². The van der Waals surface area contributed by atoms with Gasteiger partial charge in [-0.05, 0) is 26.8 Å². The molecule has 0 atom stereocenters. The van der Waals surface area contributed by atoms with Gasteiger partial charge in [-0.15, -0.1) is 0 Å². The average molecular weight is 338 g/mol. The van der Waals surface area contributed by atoms with Crippen LogP contribution in [0, 0.1) is 0 Å². The van der Waals surface area contributed by atoms with Crippen molar-refractivity contribution < 1.29 is 9.53 Å². The number of nitrogens with one attached hydrogen (secondary N) is 1. The van der Waals surface area contributed by atoms with Crippen molar-refractivity contribution in [2.75, 3.05) is 12.3 Å². The van der Waals surface area contributed by atoms with Crippen LogP contribution in [-0.4, -0.2) is 33.0 Å². The molecule has 0 aliphatic heterocycles. The summed E-state index contributed by atoms with van der Waals surface area (Å²) in [4.78, 5) is 15.8. The van der Waals surface area contributed by atoms with E-state index in [9.17, 15) is 4.79 Å². The molecule has 0 radical (unpaired) electrons. The molecule has 23 heavy (non-hydrogen) atoms. The molecule has 1 amide bonds. The van der Waals surface area contributed by atoms with Crippen molar-refractivity contribution >= 4 is 23.4 Å². The van der Waals surface area contributed by atoms with E-state index in [2.05, 4.69) is 15.4 Å². The molecular formula is C15H20ClN5O2. The lowest BCUT2D eigenvalue weighted by molar-refractivity contribution is 0.0525. The summed E-state index contributed by atoms with van der Waals surface area (Å²) in [5.74, 6) is 0. The molecule has 0 aliphatic carbocycles. The molecule has 124 valence electrons. The van der Waals surface area contributed by atoms with E-state index in [1.807, 2.05) is 20.8 Å². The third kappa shape index (κ3) is 5.14. The van der Waals surface area contributed by atoms with Gasteiger partial charge in [0.2, 0.25) is 0 Å². The Kier molecular flexibility index (Phi) is 5.10. The number of nitrogen functional groups attached to an aromatic ring is 1. The first-order valence-electron chi connectivity index (χ1n) is 7.15. The van der Waals surface area contributed by atoms with Gasteiger partial charge in [-0.3, -0.25) is 9.67 Å². The third-order valence-corrected chi connectivity index (χ3v) is 3.07. The standard InChI is InChI=1S/C15H20ClN5O2/c1-15(2,3)23-14(22)18-4-5-21-9-10(7-20-21)13-12(16)6-11(17)8-19-13/h6-9H,4-5,17H2,1-3H3,(H,18,22). The molecular weight excluding hydrogens is 318 g/mol. The number of nitrogens with zero attached hydrogens (tertiary/aromatic N) is 3. The van der Waals surface area contributed by atoms with Gasteiger partial charge in [-0.25, -0.2) is 4.79 Å². The molecule has 0 spiro atoms. The Bertz CT molecular complexity index is 693. The van der Waals surface area contributed by atoms with Gasteiger partial charge in [0.25, 0.3) is 0 Å². The number of amides is 1. The van der Waals surface area contributed by atoms with E-state index in [0.717, 1.165) is 5.56 Å². The fraction of sp³-hybridized carbons (Fsp3) is 0.400. The topological polar surface area (TPSA) is 95.1 Å². The zero-order valence-electron chi connectivity index (χ0n) is 13.3. The van der Waals surface area contributed by atoms with Crippen molar-refractivity contribution in [2.24, 2.45) is 0 Å². The summed E-state index contributed by atoms with van der Waals surface area (Å²) < 4.78 is 6.85. The highest BCUT2D eigenvalue weighted by atomic mass is 35.5.